The zero-order chi connectivity index (χ0) is 17.4. The van der Waals surface area contributed by atoms with Crippen LogP contribution in [0.5, 0.6) is 0 Å². The number of nitrogens with one attached hydrogen (secondary N) is 1. The molecule has 0 saturated carbocycles. The first-order valence-electron chi connectivity index (χ1n) is 8.68. The number of rotatable bonds is 4. The predicted octanol–water partition coefficient (Wildman–Crippen LogP) is 2.31. The summed E-state index contributed by atoms with van der Waals surface area (Å²) in [6.07, 6.45) is 3.97. The minimum absolute atomic E-state index is 0.0296. The fraction of sp³-hybridized carbons (Fsp3) is 0.444. The minimum atomic E-state index is -0.956. The van der Waals surface area contributed by atoms with E-state index >= 15 is 0 Å². The van der Waals surface area contributed by atoms with Crippen LogP contribution in [0.25, 0.3) is 0 Å². The van der Waals surface area contributed by atoms with Crippen molar-refractivity contribution in [1.29, 1.82) is 0 Å². The quantitative estimate of drug-likeness (QED) is 0.863. The second-order valence-electron chi connectivity index (χ2n) is 6.59. The molecule has 1 N–H and O–H groups in total. The van der Waals surface area contributed by atoms with Gasteiger partial charge < -0.3 is 9.84 Å². The fourth-order valence-corrected chi connectivity index (χ4v) is 3.77. The SMILES string of the molecule is CCCc1nc(CN2C(=O)N[C@@]3(CCCc4ccccc43)C2=O)no1. The van der Waals surface area contributed by atoms with Crippen LogP contribution >= 0.6 is 0 Å². The predicted molar refractivity (Wildman–Crippen MR) is 88.4 cm³/mol. The lowest BCUT2D eigenvalue weighted by molar-refractivity contribution is -0.132. The lowest BCUT2D eigenvalue weighted by Crippen LogP contribution is -2.46. The molecule has 2 heterocycles. The van der Waals surface area contributed by atoms with Gasteiger partial charge in [0.05, 0.1) is 6.54 Å². The summed E-state index contributed by atoms with van der Waals surface area (Å²) < 4.78 is 5.15. The normalized spacial score (nSPS) is 22.4. The van der Waals surface area contributed by atoms with Crippen molar-refractivity contribution < 1.29 is 14.1 Å². The van der Waals surface area contributed by atoms with Crippen LogP contribution in [0.1, 0.15) is 49.0 Å². The first-order chi connectivity index (χ1) is 12.1. The molecule has 1 fully saturated rings. The molecule has 7 nitrogen and oxygen atoms in total. The average molecular weight is 340 g/mol. The lowest BCUT2D eigenvalue weighted by atomic mass is 9.76. The molecule has 0 radical (unpaired) electrons. The van der Waals surface area contributed by atoms with E-state index < -0.39 is 11.6 Å². The van der Waals surface area contributed by atoms with Crippen molar-refractivity contribution in [3.63, 3.8) is 0 Å². The Hall–Kier alpha value is -2.70. The smallest absolute Gasteiger partial charge is 0.325 e. The van der Waals surface area contributed by atoms with Crippen LogP contribution in [0.15, 0.2) is 28.8 Å². The van der Waals surface area contributed by atoms with Crippen LogP contribution in [-0.2, 0) is 29.7 Å². The number of carbonyl (C=O) groups excluding carboxylic acids is 2. The highest BCUT2D eigenvalue weighted by atomic mass is 16.5. The van der Waals surface area contributed by atoms with E-state index in [1.807, 2.05) is 31.2 Å². The van der Waals surface area contributed by atoms with Gasteiger partial charge in [0.1, 0.15) is 5.54 Å². The third-order valence-corrected chi connectivity index (χ3v) is 4.92. The van der Waals surface area contributed by atoms with Crippen LogP contribution in [0, 0.1) is 0 Å². The van der Waals surface area contributed by atoms with Crippen LogP contribution in [-0.4, -0.2) is 27.0 Å². The Morgan fingerprint density at radius 2 is 2.16 bits per heavy atom. The molecule has 25 heavy (non-hydrogen) atoms. The molecule has 3 amide bonds. The molecule has 1 aliphatic heterocycles. The van der Waals surface area contributed by atoms with E-state index in [1.165, 1.54) is 4.90 Å². The highest BCUT2D eigenvalue weighted by Gasteiger charge is 2.54. The van der Waals surface area contributed by atoms with Crippen LogP contribution in [0.2, 0.25) is 0 Å². The van der Waals surface area contributed by atoms with Crippen LogP contribution < -0.4 is 5.32 Å². The first-order valence-corrected chi connectivity index (χ1v) is 8.68. The fourth-order valence-electron chi connectivity index (χ4n) is 3.77. The maximum atomic E-state index is 13.1. The van der Waals surface area contributed by atoms with Crippen molar-refractivity contribution in [1.82, 2.24) is 20.4 Å². The van der Waals surface area contributed by atoms with E-state index in [4.69, 9.17) is 4.52 Å². The van der Waals surface area contributed by atoms with Crippen molar-refractivity contribution in [3.05, 3.63) is 47.1 Å². The Labute approximate surface area is 145 Å². The summed E-state index contributed by atoms with van der Waals surface area (Å²) in [5, 5.41) is 6.81. The standard InChI is InChI=1S/C18H20N4O3/c1-2-6-15-19-14(21-25-15)11-22-16(23)18(20-17(22)24)10-5-8-12-7-3-4-9-13(12)18/h3-4,7,9H,2,5-6,8,10-11H2,1H3,(H,20,24)/t18-/m1/s1. The van der Waals surface area contributed by atoms with Gasteiger partial charge in [0.2, 0.25) is 5.89 Å². The Morgan fingerprint density at radius 3 is 3.00 bits per heavy atom. The third-order valence-electron chi connectivity index (χ3n) is 4.92. The summed E-state index contributed by atoms with van der Waals surface area (Å²) >= 11 is 0. The van der Waals surface area contributed by atoms with E-state index in [0.29, 0.717) is 24.6 Å². The van der Waals surface area contributed by atoms with Crippen molar-refractivity contribution >= 4 is 11.9 Å². The van der Waals surface area contributed by atoms with Crippen molar-refractivity contribution in [2.24, 2.45) is 0 Å². The van der Waals surface area contributed by atoms with E-state index in [9.17, 15) is 9.59 Å². The van der Waals surface area contributed by atoms with Gasteiger partial charge in [0.25, 0.3) is 5.91 Å². The van der Waals surface area contributed by atoms with Gasteiger partial charge >= 0.3 is 6.03 Å². The molecule has 0 unspecified atom stereocenters. The first kappa shape index (κ1) is 15.8. The molecule has 1 aliphatic carbocycles. The van der Waals surface area contributed by atoms with Crippen molar-refractivity contribution in [3.8, 4) is 0 Å². The van der Waals surface area contributed by atoms with Crippen molar-refractivity contribution in [2.45, 2.75) is 51.1 Å². The molecule has 2 aromatic rings. The minimum Gasteiger partial charge on any atom is -0.339 e. The van der Waals surface area contributed by atoms with Crippen molar-refractivity contribution in [2.75, 3.05) is 0 Å². The Kier molecular flexibility index (Phi) is 3.78. The number of imide groups is 1. The molecule has 1 aromatic carbocycles. The van der Waals surface area contributed by atoms with Gasteiger partial charge in [-0.3, -0.25) is 9.69 Å². The molecular weight excluding hydrogens is 320 g/mol. The second kappa shape index (κ2) is 5.98. The van der Waals surface area contributed by atoms with E-state index in [0.717, 1.165) is 30.4 Å². The summed E-state index contributed by atoms with van der Waals surface area (Å²) in [4.78, 5) is 31.1. The molecule has 1 spiro atoms. The highest BCUT2D eigenvalue weighted by molar-refractivity contribution is 6.07. The van der Waals surface area contributed by atoms with Gasteiger partial charge in [-0.1, -0.05) is 36.3 Å². The molecule has 1 atom stereocenters. The summed E-state index contributed by atoms with van der Waals surface area (Å²) in [6, 6.07) is 7.43. The van der Waals surface area contributed by atoms with Gasteiger partial charge in [-0.25, -0.2) is 4.79 Å². The molecule has 2 aliphatic rings. The number of hydrogen-bond donors (Lipinski definition) is 1. The lowest BCUT2D eigenvalue weighted by Gasteiger charge is -2.33. The number of amides is 3. The topological polar surface area (TPSA) is 88.3 Å². The maximum absolute atomic E-state index is 13.1. The third kappa shape index (κ3) is 2.50. The van der Waals surface area contributed by atoms with Gasteiger partial charge in [-0.05, 0) is 36.8 Å². The number of benzene rings is 1. The summed E-state index contributed by atoms with van der Waals surface area (Å²) in [6.45, 7) is 2.05. The number of aryl methyl sites for hydroxylation is 2. The van der Waals surface area contributed by atoms with E-state index in [1.54, 1.807) is 0 Å². The van der Waals surface area contributed by atoms with Crippen LogP contribution in [0.4, 0.5) is 4.79 Å². The highest BCUT2D eigenvalue weighted by Crippen LogP contribution is 2.40. The van der Waals surface area contributed by atoms with Gasteiger partial charge in [0, 0.05) is 6.42 Å². The summed E-state index contributed by atoms with van der Waals surface area (Å²) in [7, 11) is 0. The second-order valence-corrected chi connectivity index (χ2v) is 6.59. The molecule has 1 aromatic heterocycles. The monoisotopic (exact) mass is 340 g/mol. The summed E-state index contributed by atoms with van der Waals surface area (Å²) in [5.74, 6) is 0.655. The van der Waals surface area contributed by atoms with E-state index in [-0.39, 0.29) is 12.5 Å². The molecule has 7 heteroatoms. The number of urea groups is 1. The summed E-state index contributed by atoms with van der Waals surface area (Å²) in [5.41, 5.74) is 1.07. The zero-order valence-corrected chi connectivity index (χ0v) is 14.1. The zero-order valence-electron chi connectivity index (χ0n) is 14.1. The maximum Gasteiger partial charge on any atom is 0.325 e. The number of hydrogen-bond acceptors (Lipinski definition) is 5. The Bertz CT molecular complexity index is 831. The van der Waals surface area contributed by atoms with Gasteiger partial charge in [0.15, 0.2) is 5.82 Å². The molecule has 4 rings (SSSR count). The molecular formula is C18H20N4O3. The number of nitrogens with zero attached hydrogens (tertiary/aromatic N) is 3. The number of aromatic nitrogens is 2. The van der Waals surface area contributed by atoms with Gasteiger partial charge in [-0.2, -0.15) is 4.98 Å². The average Bonchev–Trinajstić information content (AvgIpc) is 3.15. The van der Waals surface area contributed by atoms with E-state index in [2.05, 4.69) is 15.5 Å². The Morgan fingerprint density at radius 1 is 1.32 bits per heavy atom. The largest absolute Gasteiger partial charge is 0.339 e. The number of carbonyl (C=O) groups is 2. The molecule has 1 saturated heterocycles. The molecule has 0 bridgehead atoms. The molecule has 130 valence electrons. The number of fused-ring (bicyclic) bond motifs is 2. The Balaban J connectivity index is 1.62. The van der Waals surface area contributed by atoms with Gasteiger partial charge in [-0.15, -0.1) is 0 Å². The van der Waals surface area contributed by atoms with Crippen LogP contribution in [0.3, 0.4) is 0 Å².